The molecule has 0 radical (unpaired) electrons. The van der Waals surface area contributed by atoms with Gasteiger partial charge in [-0.15, -0.1) is 0 Å². The quantitative estimate of drug-likeness (QED) is 0.467. The van der Waals surface area contributed by atoms with E-state index in [1.165, 1.54) is 0 Å². The SMILES string of the molecule is Cc1cn2nc([C@@H]3CCCCN3C(=O)C(NS(C)(=O)=O)c3ccccc3Br)cc2nc1N1CC[C@H](C)C1. The highest BCUT2D eigenvalue weighted by Crippen LogP contribution is 2.35. The Kier molecular flexibility index (Phi) is 7.30. The molecule has 1 N–H and O–H groups in total. The smallest absolute Gasteiger partial charge is 0.245 e. The molecule has 0 bridgehead atoms. The second-order valence-corrected chi connectivity index (χ2v) is 13.0. The molecule has 2 saturated heterocycles. The zero-order chi connectivity index (χ0) is 26.3. The third-order valence-corrected chi connectivity index (χ3v) is 8.66. The summed E-state index contributed by atoms with van der Waals surface area (Å²) in [7, 11) is -3.65. The summed E-state index contributed by atoms with van der Waals surface area (Å²) in [4.78, 5) is 23.0. The number of aryl methyl sites for hydroxylation is 1. The van der Waals surface area contributed by atoms with Gasteiger partial charge in [-0.05, 0) is 50.2 Å². The number of carbonyl (C=O) groups is 1. The first-order chi connectivity index (χ1) is 17.6. The van der Waals surface area contributed by atoms with Crippen molar-refractivity contribution in [2.75, 3.05) is 30.8 Å². The molecule has 11 heteroatoms. The zero-order valence-corrected chi connectivity index (χ0v) is 23.8. The Hall–Kier alpha value is -2.50. The first-order valence-corrected chi connectivity index (χ1v) is 15.4. The van der Waals surface area contributed by atoms with Gasteiger partial charge in [-0.25, -0.2) is 17.9 Å². The minimum atomic E-state index is -3.65. The van der Waals surface area contributed by atoms with Crippen molar-refractivity contribution in [2.45, 2.75) is 51.6 Å². The molecule has 4 heterocycles. The number of piperidine rings is 1. The van der Waals surface area contributed by atoms with Crippen LogP contribution in [0.4, 0.5) is 5.82 Å². The lowest BCUT2D eigenvalue weighted by atomic mass is 9.97. The van der Waals surface area contributed by atoms with Crippen LogP contribution in [0.3, 0.4) is 0 Å². The van der Waals surface area contributed by atoms with E-state index in [1.807, 2.05) is 24.4 Å². The number of fused-ring (bicyclic) bond motifs is 1. The van der Waals surface area contributed by atoms with Gasteiger partial charge in [0.1, 0.15) is 11.9 Å². The number of benzene rings is 1. The molecule has 0 spiro atoms. The van der Waals surface area contributed by atoms with Crippen LogP contribution in [-0.2, 0) is 14.8 Å². The van der Waals surface area contributed by atoms with Crippen LogP contribution in [0, 0.1) is 12.8 Å². The summed E-state index contributed by atoms with van der Waals surface area (Å²) in [5.41, 5.74) is 3.18. The second kappa shape index (κ2) is 10.3. The normalized spacial score (nSPS) is 21.5. The molecule has 2 aliphatic rings. The molecule has 5 rings (SSSR count). The van der Waals surface area contributed by atoms with Crippen molar-refractivity contribution >= 4 is 43.3 Å². The van der Waals surface area contributed by atoms with E-state index in [2.05, 4.69) is 39.4 Å². The second-order valence-electron chi connectivity index (χ2n) is 10.3. The molecule has 9 nitrogen and oxygen atoms in total. The van der Waals surface area contributed by atoms with E-state index in [1.54, 1.807) is 21.5 Å². The average Bonchev–Trinajstić information content (AvgIpc) is 3.47. The number of hydrogen-bond donors (Lipinski definition) is 1. The molecule has 1 aromatic carbocycles. The first-order valence-electron chi connectivity index (χ1n) is 12.7. The molecular weight excluding hydrogens is 556 g/mol. The van der Waals surface area contributed by atoms with Gasteiger partial charge in [0.05, 0.1) is 18.0 Å². The Bertz CT molecular complexity index is 1420. The molecule has 0 aliphatic carbocycles. The van der Waals surface area contributed by atoms with Crippen molar-refractivity contribution in [2.24, 2.45) is 5.92 Å². The van der Waals surface area contributed by atoms with Crippen molar-refractivity contribution in [3.8, 4) is 0 Å². The molecule has 1 unspecified atom stereocenters. The van der Waals surface area contributed by atoms with E-state index in [0.717, 1.165) is 67.8 Å². The lowest BCUT2D eigenvalue weighted by Crippen LogP contribution is -2.46. The molecule has 2 aliphatic heterocycles. The van der Waals surface area contributed by atoms with Crippen LogP contribution in [-0.4, -0.2) is 59.7 Å². The largest absolute Gasteiger partial charge is 0.356 e. The van der Waals surface area contributed by atoms with Gasteiger partial charge in [0.2, 0.25) is 15.9 Å². The summed E-state index contributed by atoms with van der Waals surface area (Å²) < 4.78 is 29.5. The van der Waals surface area contributed by atoms with Crippen molar-refractivity contribution in [1.82, 2.24) is 24.2 Å². The molecule has 0 saturated carbocycles. The molecule has 1 amide bonds. The van der Waals surface area contributed by atoms with Crippen LogP contribution in [0.1, 0.15) is 61.5 Å². The number of sulfonamides is 1. The number of carbonyl (C=O) groups excluding carboxylic acids is 1. The Labute approximate surface area is 226 Å². The van der Waals surface area contributed by atoms with E-state index in [0.29, 0.717) is 22.5 Å². The molecule has 198 valence electrons. The third kappa shape index (κ3) is 5.53. The molecule has 37 heavy (non-hydrogen) atoms. The number of rotatable bonds is 6. The summed E-state index contributed by atoms with van der Waals surface area (Å²) in [5, 5.41) is 4.83. The maximum Gasteiger partial charge on any atom is 0.245 e. The Morgan fingerprint density at radius 3 is 2.68 bits per heavy atom. The van der Waals surface area contributed by atoms with Crippen LogP contribution in [0.25, 0.3) is 5.65 Å². The van der Waals surface area contributed by atoms with Gasteiger partial charge in [0.15, 0.2) is 5.65 Å². The third-order valence-electron chi connectivity index (χ3n) is 7.27. The fourth-order valence-electron chi connectivity index (χ4n) is 5.47. The van der Waals surface area contributed by atoms with Crippen LogP contribution in [0.2, 0.25) is 0 Å². The molecule has 2 aromatic heterocycles. The number of likely N-dealkylation sites (tertiary alicyclic amines) is 1. The van der Waals surface area contributed by atoms with Gasteiger partial charge in [0, 0.05) is 41.9 Å². The number of anilines is 1. The van der Waals surface area contributed by atoms with Crippen LogP contribution in [0.5, 0.6) is 0 Å². The van der Waals surface area contributed by atoms with Crippen LogP contribution >= 0.6 is 15.9 Å². The van der Waals surface area contributed by atoms with Crippen molar-refractivity contribution < 1.29 is 13.2 Å². The Balaban J connectivity index is 1.49. The molecule has 3 atom stereocenters. The van der Waals surface area contributed by atoms with Crippen molar-refractivity contribution in [3.05, 3.63) is 57.8 Å². The topological polar surface area (TPSA) is 99.9 Å². The lowest BCUT2D eigenvalue weighted by Gasteiger charge is -2.37. The number of nitrogens with zero attached hydrogens (tertiary/aromatic N) is 5. The molecule has 2 fully saturated rings. The number of amides is 1. The summed E-state index contributed by atoms with van der Waals surface area (Å²) >= 11 is 3.49. The summed E-state index contributed by atoms with van der Waals surface area (Å²) in [6.07, 6.45) is 6.82. The highest BCUT2D eigenvalue weighted by Gasteiger charge is 2.36. The number of hydrogen-bond acceptors (Lipinski definition) is 6. The first kappa shape index (κ1) is 26.1. The maximum atomic E-state index is 14.0. The summed E-state index contributed by atoms with van der Waals surface area (Å²) in [6, 6.07) is 7.88. The van der Waals surface area contributed by atoms with E-state index in [-0.39, 0.29) is 11.9 Å². The highest BCUT2D eigenvalue weighted by atomic mass is 79.9. The monoisotopic (exact) mass is 588 g/mol. The maximum absolute atomic E-state index is 14.0. The van der Waals surface area contributed by atoms with Crippen molar-refractivity contribution in [1.29, 1.82) is 0 Å². The average molecular weight is 590 g/mol. The molecular formula is C26H33BrN6O3S. The van der Waals surface area contributed by atoms with Crippen LogP contribution < -0.4 is 9.62 Å². The van der Waals surface area contributed by atoms with Crippen LogP contribution in [0.15, 0.2) is 41.0 Å². The number of nitrogens with one attached hydrogen (secondary N) is 1. The van der Waals surface area contributed by atoms with Crippen molar-refractivity contribution in [3.63, 3.8) is 0 Å². The zero-order valence-electron chi connectivity index (χ0n) is 21.4. The van der Waals surface area contributed by atoms with Gasteiger partial charge >= 0.3 is 0 Å². The highest BCUT2D eigenvalue weighted by molar-refractivity contribution is 9.10. The van der Waals surface area contributed by atoms with Gasteiger partial charge in [-0.3, -0.25) is 4.79 Å². The lowest BCUT2D eigenvalue weighted by molar-refractivity contribution is -0.137. The van der Waals surface area contributed by atoms with Gasteiger partial charge in [-0.2, -0.15) is 9.82 Å². The Morgan fingerprint density at radius 2 is 1.97 bits per heavy atom. The van der Waals surface area contributed by atoms with Gasteiger partial charge in [-0.1, -0.05) is 41.1 Å². The molecule has 3 aromatic rings. The van der Waals surface area contributed by atoms with E-state index in [4.69, 9.17) is 10.1 Å². The fraction of sp³-hybridized carbons (Fsp3) is 0.500. The van der Waals surface area contributed by atoms with E-state index in [9.17, 15) is 13.2 Å². The fourth-order valence-corrected chi connectivity index (χ4v) is 6.64. The minimum absolute atomic E-state index is 0.259. The van der Waals surface area contributed by atoms with Gasteiger partial charge in [0.25, 0.3) is 0 Å². The van der Waals surface area contributed by atoms with E-state index < -0.39 is 16.1 Å². The minimum Gasteiger partial charge on any atom is -0.356 e. The predicted molar refractivity (Wildman–Crippen MR) is 147 cm³/mol. The Morgan fingerprint density at radius 1 is 1.19 bits per heavy atom. The van der Waals surface area contributed by atoms with Gasteiger partial charge < -0.3 is 9.80 Å². The summed E-state index contributed by atoms with van der Waals surface area (Å²) in [6.45, 7) is 6.86. The number of halogens is 1. The number of aromatic nitrogens is 3. The standard InChI is InChI=1S/C26H33BrN6O3S/c1-17-11-13-31(15-17)25-18(2)16-33-23(28-25)14-21(29-33)22-10-6-7-12-32(22)26(34)24(30-37(3,35)36)19-8-4-5-9-20(19)27/h4-5,8-9,14,16-17,22,24,30H,6-7,10-13,15H2,1-3H3/t17-,22-,24?/m0/s1. The van der Waals surface area contributed by atoms with E-state index >= 15 is 0 Å². The predicted octanol–water partition coefficient (Wildman–Crippen LogP) is 3.99. The summed E-state index contributed by atoms with van der Waals surface area (Å²) in [5.74, 6) is 1.36.